The number of piperidine rings is 1. The summed E-state index contributed by atoms with van der Waals surface area (Å²) < 4.78 is 4.97. The van der Waals surface area contributed by atoms with Gasteiger partial charge in [-0.25, -0.2) is 0 Å². The van der Waals surface area contributed by atoms with Gasteiger partial charge in [-0.15, -0.1) is 0 Å². The first-order chi connectivity index (χ1) is 20.9. The topological polar surface area (TPSA) is 120 Å². The Hall–Kier alpha value is -2.95. The van der Waals surface area contributed by atoms with Crippen LogP contribution in [0.15, 0.2) is 11.6 Å². The second-order valence-electron chi connectivity index (χ2n) is 14.3. The van der Waals surface area contributed by atoms with E-state index in [1.165, 1.54) is 11.9 Å². The average Bonchev–Trinajstić information content (AvgIpc) is 3.46. The number of hydrogen-bond donors (Lipinski definition) is 1. The van der Waals surface area contributed by atoms with E-state index in [4.69, 9.17) is 4.74 Å². The third-order valence-corrected chi connectivity index (χ3v) is 8.99. The highest BCUT2D eigenvalue weighted by atomic mass is 16.5. The van der Waals surface area contributed by atoms with Crippen molar-refractivity contribution in [3.8, 4) is 0 Å². The largest absolute Gasteiger partial charge is 0.465 e. The molecule has 4 atom stereocenters. The molecule has 0 aromatic rings. The lowest BCUT2D eigenvalue weighted by Crippen LogP contribution is -2.60. The maximum atomic E-state index is 14.1. The molecule has 45 heavy (non-hydrogen) atoms. The number of carbonyl (C=O) groups is 5. The molecule has 2 heterocycles. The second-order valence-corrected chi connectivity index (χ2v) is 14.3. The van der Waals surface area contributed by atoms with Crippen LogP contribution in [0.4, 0.5) is 0 Å². The van der Waals surface area contributed by atoms with Gasteiger partial charge in [0.15, 0.2) is 0 Å². The molecule has 2 rings (SSSR count). The van der Waals surface area contributed by atoms with Crippen molar-refractivity contribution in [3.05, 3.63) is 11.6 Å². The zero-order valence-electron chi connectivity index (χ0n) is 29.6. The van der Waals surface area contributed by atoms with E-state index in [0.29, 0.717) is 25.0 Å². The summed E-state index contributed by atoms with van der Waals surface area (Å²) in [5, 5.41) is 3.11. The van der Waals surface area contributed by atoms with Crippen LogP contribution in [-0.4, -0.2) is 120 Å². The van der Waals surface area contributed by atoms with E-state index in [0.717, 1.165) is 25.8 Å². The molecule has 0 bridgehead atoms. The smallest absolute Gasteiger partial charge is 0.325 e. The summed E-state index contributed by atoms with van der Waals surface area (Å²) >= 11 is 0. The van der Waals surface area contributed by atoms with Gasteiger partial charge in [-0.1, -0.05) is 47.1 Å². The monoisotopic (exact) mass is 633 g/mol. The van der Waals surface area contributed by atoms with Crippen LogP contribution >= 0.6 is 0 Å². The number of carbonyl (C=O) groups excluding carboxylic acids is 5. The van der Waals surface area contributed by atoms with Crippen LogP contribution in [0.25, 0.3) is 0 Å². The molecule has 11 nitrogen and oxygen atoms in total. The lowest BCUT2D eigenvalue weighted by Gasteiger charge is -2.41. The molecule has 2 fully saturated rings. The Labute approximate surface area is 271 Å². The van der Waals surface area contributed by atoms with Crippen molar-refractivity contribution in [1.82, 2.24) is 24.9 Å². The van der Waals surface area contributed by atoms with E-state index in [1.54, 1.807) is 36.8 Å². The molecule has 0 aliphatic carbocycles. The van der Waals surface area contributed by atoms with Gasteiger partial charge in [0, 0.05) is 32.3 Å². The molecule has 4 amide bonds. The number of nitrogens with zero attached hydrogens (tertiary/aromatic N) is 4. The standard InChI is InChI=1S/C34H59N5O6/c1-12-45-28(40)21-36(10)32(43)26-17-15-19-39(26)31(42)24(6)20-27(22(2)3)37(11)33(44)29(34(7,8)9)35-30(41)25-16-13-14-18-38(25)23(4)5/h20,22-23,25-27,29H,12-19,21H2,1-11H3,(H,35,41)/t25-,26+,27-,29-/m1/s1. The third-order valence-electron chi connectivity index (χ3n) is 8.99. The number of ether oxygens (including phenoxy) is 1. The molecular weight excluding hydrogens is 574 g/mol. The van der Waals surface area contributed by atoms with Crippen molar-refractivity contribution in [2.45, 2.75) is 125 Å². The molecule has 0 aromatic carbocycles. The predicted octanol–water partition coefficient (Wildman–Crippen LogP) is 3.22. The molecule has 256 valence electrons. The summed E-state index contributed by atoms with van der Waals surface area (Å²) in [5.41, 5.74) is -0.111. The van der Waals surface area contributed by atoms with Gasteiger partial charge < -0.3 is 24.8 Å². The first-order valence-corrected chi connectivity index (χ1v) is 16.6. The summed E-state index contributed by atoms with van der Waals surface area (Å²) in [5.74, 6) is -1.42. The molecule has 2 aliphatic rings. The Bertz CT molecular complexity index is 1100. The van der Waals surface area contributed by atoms with Crippen molar-refractivity contribution < 1.29 is 28.7 Å². The normalized spacial score (nSPS) is 21.0. The van der Waals surface area contributed by atoms with Gasteiger partial charge in [0.05, 0.1) is 18.7 Å². The minimum Gasteiger partial charge on any atom is -0.465 e. The van der Waals surface area contributed by atoms with Gasteiger partial charge in [0.25, 0.3) is 0 Å². The number of amides is 4. The van der Waals surface area contributed by atoms with Gasteiger partial charge in [-0.05, 0) is 71.3 Å². The zero-order chi connectivity index (χ0) is 34.2. The van der Waals surface area contributed by atoms with E-state index in [-0.39, 0.29) is 54.8 Å². The second kappa shape index (κ2) is 16.6. The van der Waals surface area contributed by atoms with E-state index in [9.17, 15) is 24.0 Å². The van der Waals surface area contributed by atoms with Crippen molar-refractivity contribution in [2.75, 3.05) is 40.3 Å². The summed E-state index contributed by atoms with van der Waals surface area (Å²) in [4.78, 5) is 73.3. The maximum Gasteiger partial charge on any atom is 0.325 e. The van der Waals surface area contributed by atoms with Crippen molar-refractivity contribution in [1.29, 1.82) is 0 Å². The van der Waals surface area contributed by atoms with E-state index in [1.807, 2.05) is 34.6 Å². The number of nitrogens with one attached hydrogen (secondary N) is 1. The highest BCUT2D eigenvalue weighted by molar-refractivity contribution is 5.97. The van der Waals surface area contributed by atoms with Crippen LogP contribution in [-0.2, 0) is 28.7 Å². The Morgan fingerprint density at radius 3 is 2.13 bits per heavy atom. The highest BCUT2D eigenvalue weighted by Crippen LogP contribution is 2.27. The first kappa shape index (κ1) is 38.2. The molecule has 0 saturated carbocycles. The Morgan fingerprint density at radius 2 is 1.58 bits per heavy atom. The van der Waals surface area contributed by atoms with E-state index < -0.39 is 29.5 Å². The van der Waals surface area contributed by atoms with Crippen molar-refractivity contribution in [2.24, 2.45) is 11.3 Å². The molecule has 0 spiro atoms. The van der Waals surface area contributed by atoms with Gasteiger partial charge in [0.1, 0.15) is 18.6 Å². The molecule has 0 unspecified atom stereocenters. The molecule has 11 heteroatoms. The number of likely N-dealkylation sites (N-methyl/N-ethyl adjacent to an activating group) is 2. The molecule has 0 aromatic heterocycles. The minimum atomic E-state index is -0.757. The number of esters is 1. The molecule has 2 aliphatic heterocycles. The molecule has 0 radical (unpaired) electrons. The lowest BCUT2D eigenvalue weighted by molar-refractivity contribution is -0.150. The highest BCUT2D eigenvalue weighted by Gasteiger charge is 2.41. The van der Waals surface area contributed by atoms with Crippen LogP contribution in [0.5, 0.6) is 0 Å². The van der Waals surface area contributed by atoms with E-state index >= 15 is 0 Å². The fraction of sp³-hybridized carbons (Fsp3) is 0.794. The third kappa shape index (κ3) is 10.0. The fourth-order valence-corrected chi connectivity index (χ4v) is 6.40. The van der Waals surface area contributed by atoms with Gasteiger partial charge in [-0.2, -0.15) is 0 Å². The average molecular weight is 634 g/mol. The van der Waals surface area contributed by atoms with Gasteiger partial charge in [0.2, 0.25) is 23.6 Å². The summed E-state index contributed by atoms with van der Waals surface area (Å²) in [7, 11) is 3.26. The predicted molar refractivity (Wildman–Crippen MR) is 175 cm³/mol. The Morgan fingerprint density at radius 1 is 0.956 bits per heavy atom. The van der Waals surface area contributed by atoms with Crippen LogP contribution in [0.2, 0.25) is 0 Å². The molecule has 2 saturated heterocycles. The van der Waals surface area contributed by atoms with Crippen LogP contribution < -0.4 is 5.32 Å². The SMILES string of the molecule is CCOC(=O)CN(C)C(=O)[C@@H]1CCCN1C(=O)C(C)=C[C@H](C(C)C)N(C)C(=O)[C@@H](NC(=O)[C@H]1CCCCN1C(C)C)C(C)(C)C. The fourth-order valence-electron chi connectivity index (χ4n) is 6.40. The number of hydrogen-bond acceptors (Lipinski definition) is 7. The Balaban J connectivity index is 2.25. The van der Waals surface area contributed by atoms with Crippen molar-refractivity contribution >= 4 is 29.6 Å². The maximum absolute atomic E-state index is 14.1. The molecule has 1 N–H and O–H groups in total. The Kier molecular flexibility index (Phi) is 14.1. The number of rotatable bonds is 12. The summed E-state index contributed by atoms with van der Waals surface area (Å²) in [6, 6.07) is -1.88. The lowest BCUT2D eigenvalue weighted by atomic mass is 9.84. The van der Waals surface area contributed by atoms with Crippen LogP contribution in [0.3, 0.4) is 0 Å². The van der Waals surface area contributed by atoms with Crippen LogP contribution in [0.1, 0.15) is 94.4 Å². The summed E-state index contributed by atoms with van der Waals surface area (Å²) in [6.45, 7) is 18.8. The zero-order valence-corrected chi connectivity index (χ0v) is 29.6. The first-order valence-electron chi connectivity index (χ1n) is 16.6. The van der Waals surface area contributed by atoms with E-state index in [2.05, 4.69) is 24.1 Å². The van der Waals surface area contributed by atoms with Crippen molar-refractivity contribution in [3.63, 3.8) is 0 Å². The number of likely N-dealkylation sites (tertiary alicyclic amines) is 2. The van der Waals surface area contributed by atoms with Crippen LogP contribution in [0, 0.1) is 11.3 Å². The van der Waals surface area contributed by atoms with Gasteiger partial charge in [-0.3, -0.25) is 28.9 Å². The van der Waals surface area contributed by atoms with Gasteiger partial charge >= 0.3 is 5.97 Å². The quantitative estimate of drug-likeness (QED) is 0.259. The molecular formula is C34H59N5O6. The summed E-state index contributed by atoms with van der Waals surface area (Å²) in [6.07, 6.45) is 5.80. The minimum absolute atomic E-state index is 0.0282.